The number of H-pyrrole nitrogens is 1. The summed E-state index contributed by atoms with van der Waals surface area (Å²) in [5.41, 5.74) is 3.14. The van der Waals surface area contributed by atoms with E-state index in [9.17, 15) is 24.0 Å². The van der Waals surface area contributed by atoms with E-state index in [0.29, 0.717) is 41.9 Å². The summed E-state index contributed by atoms with van der Waals surface area (Å²) in [6, 6.07) is 6.70. The standard InChI is InChI=1S/C34H43N5O7/c1-18(2)13-26(39-33(43)27-16-23-24(37-27)10-7-11-29(23)45-6)32(42)38-25(15-22-9-8-12-35-31(22)41)28(40)17-46-34(44)30-19(3)14-20(4)36-21(30)5/h7,10-11,14,16,18,22,25-26,37H,8-9,12-13,15,17H2,1-6H3,(H,35,41)(H,38,42)(H,39,43)/t22?,25-,26-/m0/s1. The Balaban J connectivity index is 1.51. The van der Waals surface area contributed by atoms with Crippen LogP contribution in [0.15, 0.2) is 30.3 Å². The van der Waals surface area contributed by atoms with Crippen molar-refractivity contribution in [3.63, 3.8) is 0 Å². The van der Waals surface area contributed by atoms with E-state index in [-0.39, 0.29) is 29.5 Å². The van der Waals surface area contributed by atoms with E-state index in [4.69, 9.17) is 9.47 Å². The van der Waals surface area contributed by atoms with E-state index in [2.05, 4.69) is 25.9 Å². The van der Waals surface area contributed by atoms with Gasteiger partial charge in [0.25, 0.3) is 5.91 Å². The molecule has 1 aliphatic heterocycles. The van der Waals surface area contributed by atoms with Gasteiger partial charge in [-0.3, -0.25) is 24.2 Å². The lowest BCUT2D eigenvalue weighted by Gasteiger charge is -2.28. The van der Waals surface area contributed by atoms with Crippen LogP contribution in [-0.4, -0.2) is 71.8 Å². The van der Waals surface area contributed by atoms with E-state index in [1.165, 1.54) is 0 Å². The highest BCUT2D eigenvalue weighted by Gasteiger charge is 2.33. The predicted octanol–water partition coefficient (Wildman–Crippen LogP) is 3.47. The van der Waals surface area contributed by atoms with Gasteiger partial charge >= 0.3 is 5.97 Å². The first-order valence-corrected chi connectivity index (χ1v) is 15.6. The van der Waals surface area contributed by atoms with Gasteiger partial charge in [0.05, 0.1) is 24.4 Å². The molecule has 1 aliphatic rings. The van der Waals surface area contributed by atoms with Crippen molar-refractivity contribution in [3.05, 3.63) is 58.5 Å². The highest BCUT2D eigenvalue weighted by molar-refractivity contribution is 6.02. The number of fused-ring (bicyclic) bond motifs is 1. The zero-order chi connectivity index (χ0) is 33.5. The molecule has 0 bridgehead atoms. The van der Waals surface area contributed by atoms with Gasteiger partial charge in [0.15, 0.2) is 12.4 Å². The number of benzene rings is 1. The highest BCUT2D eigenvalue weighted by Crippen LogP contribution is 2.26. The lowest BCUT2D eigenvalue weighted by Crippen LogP contribution is -2.54. The molecule has 3 aromatic rings. The average Bonchev–Trinajstić information content (AvgIpc) is 3.44. The normalized spacial score (nSPS) is 16.0. The molecule has 0 aliphatic carbocycles. The fourth-order valence-corrected chi connectivity index (χ4v) is 5.90. The molecule has 12 heteroatoms. The Morgan fingerprint density at radius 1 is 1.07 bits per heavy atom. The second kappa shape index (κ2) is 15.0. The Bertz CT molecular complexity index is 1610. The Morgan fingerprint density at radius 2 is 1.83 bits per heavy atom. The Hall–Kier alpha value is -4.74. The lowest BCUT2D eigenvalue weighted by atomic mass is 9.90. The van der Waals surface area contributed by atoms with Gasteiger partial charge in [-0.25, -0.2) is 4.79 Å². The van der Waals surface area contributed by atoms with Gasteiger partial charge < -0.3 is 30.4 Å². The number of hydrogen-bond acceptors (Lipinski definition) is 8. The summed E-state index contributed by atoms with van der Waals surface area (Å²) in [7, 11) is 1.54. The molecule has 46 heavy (non-hydrogen) atoms. The second-order valence-corrected chi connectivity index (χ2v) is 12.3. The minimum absolute atomic E-state index is 0.0210. The minimum atomic E-state index is -1.13. The number of nitrogens with zero attached hydrogens (tertiary/aromatic N) is 1. The van der Waals surface area contributed by atoms with Crippen molar-refractivity contribution >= 4 is 40.4 Å². The third-order valence-corrected chi connectivity index (χ3v) is 8.12. The van der Waals surface area contributed by atoms with Gasteiger partial charge in [0, 0.05) is 29.1 Å². The van der Waals surface area contributed by atoms with Crippen molar-refractivity contribution in [3.8, 4) is 5.75 Å². The second-order valence-electron chi connectivity index (χ2n) is 12.3. The van der Waals surface area contributed by atoms with Crippen molar-refractivity contribution in [1.82, 2.24) is 25.9 Å². The smallest absolute Gasteiger partial charge is 0.340 e. The van der Waals surface area contributed by atoms with Crippen LogP contribution in [0.5, 0.6) is 5.75 Å². The van der Waals surface area contributed by atoms with Gasteiger partial charge in [-0.2, -0.15) is 0 Å². The number of amides is 3. The number of Topliss-reactive ketones (excluding diaryl/α,β-unsaturated/α-hetero) is 1. The number of methoxy groups -OCH3 is 1. The maximum absolute atomic E-state index is 13.7. The zero-order valence-electron chi connectivity index (χ0n) is 27.2. The Morgan fingerprint density at radius 3 is 2.50 bits per heavy atom. The van der Waals surface area contributed by atoms with E-state index in [1.807, 2.05) is 26.8 Å². The number of pyridine rings is 1. The summed E-state index contributed by atoms with van der Waals surface area (Å²) < 4.78 is 10.8. The van der Waals surface area contributed by atoms with Crippen LogP contribution >= 0.6 is 0 Å². The van der Waals surface area contributed by atoms with Crippen LogP contribution < -0.4 is 20.7 Å². The van der Waals surface area contributed by atoms with E-state index < -0.39 is 48.2 Å². The first-order valence-electron chi connectivity index (χ1n) is 15.6. The van der Waals surface area contributed by atoms with Crippen molar-refractivity contribution < 1.29 is 33.4 Å². The number of aromatic amines is 1. The SMILES string of the molecule is COc1cccc2[nH]c(C(=O)N[C@@H](CC(C)C)C(=O)N[C@@H](CC3CCCNC3=O)C(=O)COC(=O)c3c(C)cc(C)nc3C)cc12. The molecule has 1 saturated heterocycles. The monoisotopic (exact) mass is 633 g/mol. The molecule has 2 aromatic heterocycles. The molecular formula is C34H43N5O7. The maximum atomic E-state index is 13.7. The van der Waals surface area contributed by atoms with Crippen LogP contribution in [0.4, 0.5) is 0 Å². The van der Waals surface area contributed by atoms with E-state index >= 15 is 0 Å². The Labute approximate surface area is 268 Å². The van der Waals surface area contributed by atoms with Gasteiger partial charge in [-0.1, -0.05) is 19.9 Å². The molecule has 3 atom stereocenters. The summed E-state index contributed by atoms with van der Waals surface area (Å²) in [5.74, 6) is -2.43. The van der Waals surface area contributed by atoms with Crippen LogP contribution in [0.2, 0.25) is 0 Å². The van der Waals surface area contributed by atoms with Crippen molar-refractivity contribution in [2.24, 2.45) is 11.8 Å². The van der Waals surface area contributed by atoms with Crippen LogP contribution in [0, 0.1) is 32.6 Å². The number of aromatic nitrogens is 2. The van der Waals surface area contributed by atoms with E-state index in [1.54, 1.807) is 45.2 Å². The highest BCUT2D eigenvalue weighted by atomic mass is 16.5. The molecule has 246 valence electrons. The number of rotatable bonds is 13. The molecule has 3 amide bonds. The summed E-state index contributed by atoms with van der Waals surface area (Å²) in [6.45, 7) is 9.04. The maximum Gasteiger partial charge on any atom is 0.340 e. The Kier molecular flexibility index (Phi) is 11.2. The quantitative estimate of drug-likeness (QED) is 0.208. The first kappa shape index (κ1) is 34.1. The van der Waals surface area contributed by atoms with E-state index in [0.717, 1.165) is 17.5 Å². The summed E-state index contributed by atoms with van der Waals surface area (Å²) in [6.07, 6.45) is 1.61. The van der Waals surface area contributed by atoms with Gasteiger partial charge in [0.1, 0.15) is 17.5 Å². The third kappa shape index (κ3) is 8.29. The third-order valence-electron chi connectivity index (χ3n) is 8.12. The molecule has 12 nitrogen and oxygen atoms in total. The molecule has 0 spiro atoms. The molecule has 4 rings (SSSR count). The lowest BCUT2D eigenvalue weighted by molar-refractivity contribution is -0.133. The topological polar surface area (TPSA) is 169 Å². The van der Waals surface area contributed by atoms with Crippen LogP contribution in [0.1, 0.15) is 77.3 Å². The fraction of sp³-hybridized carbons (Fsp3) is 0.471. The molecule has 3 heterocycles. The largest absolute Gasteiger partial charge is 0.496 e. The van der Waals surface area contributed by atoms with Gasteiger partial charge in [-0.05, 0) is 82.2 Å². The van der Waals surface area contributed by atoms with Crippen LogP contribution in [0.3, 0.4) is 0 Å². The van der Waals surface area contributed by atoms with Crippen LogP contribution in [-0.2, 0) is 19.1 Å². The number of hydrogen-bond donors (Lipinski definition) is 4. The number of ketones is 1. The molecule has 0 radical (unpaired) electrons. The van der Waals surface area contributed by atoms with Crippen molar-refractivity contribution in [2.45, 2.75) is 72.4 Å². The number of nitrogens with one attached hydrogen (secondary N) is 4. The number of aryl methyl sites for hydroxylation is 3. The first-order chi connectivity index (χ1) is 21.9. The molecule has 1 aromatic carbocycles. The average molecular weight is 634 g/mol. The van der Waals surface area contributed by atoms with Gasteiger partial charge in [-0.15, -0.1) is 0 Å². The van der Waals surface area contributed by atoms with Crippen molar-refractivity contribution in [1.29, 1.82) is 0 Å². The molecule has 1 fully saturated rings. The molecular weight excluding hydrogens is 590 g/mol. The fourth-order valence-electron chi connectivity index (χ4n) is 5.90. The van der Waals surface area contributed by atoms with Crippen molar-refractivity contribution in [2.75, 3.05) is 20.3 Å². The summed E-state index contributed by atoms with van der Waals surface area (Å²) >= 11 is 0. The number of esters is 1. The summed E-state index contributed by atoms with van der Waals surface area (Å²) in [5, 5.41) is 9.10. The molecule has 0 saturated carbocycles. The molecule has 4 N–H and O–H groups in total. The minimum Gasteiger partial charge on any atom is -0.496 e. The summed E-state index contributed by atoms with van der Waals surface area (Å²) in [4.78, 5) is 73.5. The number of carbonyl (C=O) groups excluding carboxylic acids is 5. The molecule has 1 unspecified atom stereocenters. The van der Waals surface area contributed by atoms with Gasteiger partial charge in [0.2, 0.25) is 11.8 Å². The van der Waals surface area contributed by atoms with Crippen LogP contribution in [0.25, 0.3) is 10.9 Å². The number of ether oxygens (including phenoxy) is 2. The predicted molar refractivity (Wildman–Crippen MR) is 172 cm³/mol. The number of piperidine rings is 1. The zero-order valence-corrected chi connectivity index (χ0v) is 27.2. The number of carbonyl (C=O) groups is 5.